The molecule has 2 amide bonds. The molecular formula is C18H15F3N4O4. The van der Waals surface area contributed by atoms with Crippen LogP contribution in [0.1, 0.15) is 27.0 Å². The maximum absolute atomic E-state index is 12.5. The monoisotopic (exact) mass is 408 g/mol. The molecule has 8 nitrogen and oxygen atoms in total. The molecule has 2 rings (SSSR count). The molecule has 152 valence electrons. The summed E-state index contributed by atoms with van der Waals surface area (Å²) in [6.45, 7) is 0.965. The molecule has 11 heteroatoms. The van der Waals surface area contributed by atoms with Gasteiger partial charge in [0.2, 0.25) is 0 Å². The van der Waals surface area contributed by atoms with Crippen LogP contribution in [0.25, 0.3) is 0 Å². The average molecular weight is 408 g/mol. The van der Waals surface area contributed by atoms with Crippen LogP contribution in [0, 0.1) is 17.0 Å². The van der Waals surface area contributed by atoms with E-state index >= 15 is 0 Å². The third kappa shape index (κ3) is 5.86. The van der Waals surface area contributed by atoms with Gasteiger partial charge in [-0.15, -0.1) is 0 Å². The standard InChI is InChI=1S/C18H15F3N4O4/c1-11-14(3-2-4-15(11)25(28)29)17(27)22-10-16(26)24-23-9-12-5-7-13(8-6-12)18(19,20)21/h2-9H,10H2,1H3,(H,22,27)(H,24,26)/b23-9-. The normalized spacial score (nSPS) is 11.3. The Morgan fingerprint density at radius 1 is 1.17 bits per heavy atom. The van der Waals surface area contributed by atoms with E-state index in [9.17, 15) is 32.9 Å². The van der Waals surface area contributed by atoms with E-state index in [1.807, 2.05) is 0 Å². The van der Waals surface area contributed by atoms with E-state index in [0.29, 0.717) is 5.56 Å². The number of carbonyl (C=O) groups excluding carboxylic acids is 2. The fourth-order valence-electron chi connectivity index (χ4n) is 2.30. The van der Waals surface area contributed by atoms with E-state index in [0.717, 1.165) is 18.3 Å². The second-order valence-corrected chi connectivity index (χ2v) is 5.80. The number of amides is 2. The summed E-state index contributed by atoms with van der Waals surface area (Å²) in [6, 6.07) is 8.13. The zero-order chi connectivity index (χ0) is 21.6. The van der Waals surface area contributed by atoms with Crippen LogP contribution >= 0.6 is 0 Å². The summed E-state index contributed by atoms with van der Waals surface area (Å²) in [7, 11) is 0. The molecule has 0 aromatic heterocycles. The molecule has 0 aliphatic heterocycles. The zero-order valence-corrected chi connectivity index (χ0v) is 15.0. The van der Waals surface area contributed by atoms with Crippen LogP contribution in [0.5, 0.6) is 0 Å². The summed E-state index contributed by atoms with van der Waals surface area (Å²) in [6.07, 6.45) is -3.30. The number of rotatable bonds is 6. The maximum atomic E-state index is 12.5. The van der Waals surface area contributed by atoms with Gasteiger partial charge >= 0.3 is 6.18 Å². The van der Waals surface area contributed by atoms with Gasteiger partial charge in [0, 0.05) is 17.2 Å². The van der Waals surface area contributed by atoms with Crippen molar-refractivity contribution in [2.75, 3.05) is 6.54 Å². The van der Waals surface area contributed by atoms with E-state index < -0.39 is 35.0 Å². The molecule has 0 bridgehead atoms. The fourth-order valence-corrected chi connectivity index (χ4v) is 2.30. The highest BCUT2D eigenvalue weighted by atomic mass is 19.4. The van der Waals surface area contributed by atoms with Gasteiger partial charge in [-0.05, 0) is 30.7 Å². The Kier molecular flexibility index (Phi) is 6.65. The summed E-state index contributed by atoms with van der Waals surface area (Å²) in [5.74, 6) is -1.36. The van der Waals surface area contributed by atoms with Crippen LogP contribution in [0.2, 0.25) is 0 Å². The first-order valence-corrected chi connectivity index (χ1v) is 8.11. The van der Waals surface area contributed by atoms with Crippen LogP contribution in [-0.4, -0.2) is 29.5 Å². The van der Waals surface area contributed by atoms with Gasteiger partial charge in [-0.3, -0.25) is 19.7 Å². The molecule has 2 aromatic rings. The van der Waals surface area contributed by atoms with Gasteiger partial charge in [-0.1, -0.05) is 18.2 Å². The van der Waals surface area contributed by atoms with Gasteiger partial charge in [0.25, 0.3) is 17.5 Å². The van der Waals surface area contributed by atoms with Gasteiger partial charge in [0.1, 0.15) is 0 Å². The van der Waals surface area contributed by atoms with Crippen LogP contribution in [0.4, 0.5) is 18.9 Å². The number of nitro benzene ring substituents is 1. The van der Waals surface area contributed by atoms with Gasteiger partial charge in [0.15, 0.2) is 0 Å². The summed E-state index contributed by atoms with van der Waals surface area (Å²) in [4.78, 5) is 34.1. The van der Waals surface area contributed by atoms with Crippen LogP contribution in [-0.2, 0) is 11.0 Å². The molecule has 0 aliphatic carbocycles. The molecule has 0 fully saturated rings. The Labute approximate surface area is 162 Å². The molecule has 0 radical (unpaired) electrons. The number of halogens is 3. The lowest BCUT2D eigenvalue weighted by Crippen LogP contribution is -2.35. The molecule has 0 spiro atoms. The Hall–Kier alpha value is -3.76. The predicted octanol–water partition coefficient (Wildman–Crippen LogP) is 2.80. The summed E-state index contributed by atoms with van der Waals surface area (Å²) in [5, 5.41) is 16.8. The van der Waals surface area contributed by atoms with Crippen molar-refractivity contribution in [2.24, 2.45) is 5.10 Å². The Morgan fingerprint density at radius 2 is 1.83 bits per heavy atom. The topological polar surface area (TPSA) is 114 Å². The fraction of sp³-hybridized carbons (Fsp3) is 0.167. The number of hydrogen-bond acceptors (Lipinski definition) is 5. The van der Waals surface area contributed by atoms with Crippen molar-refractivity contribution >= 4 is 23.7 Å². The lowest BCUT2D eigenvalue weighted by atomic mass is 10.1. The molecule has 2 aromatic carbocycles. The Balaban J connectivity index is 1.89. The molecule has 29 heavy (non-hydrogen) atoms. The van der Waals surface area contributed by atoms with E-state index in [1.54, 1.807) is 0 Å². The maximum Gasteiger partial charge on any atom is 0.416 e. The quantitative estimate of drug-likeness (QED) is 0.435. The number of hydrazone groups is 1. The number of alkyl halides is 3. The van der Waals surface area contributed by atoms with Gasteiger partial charge in [0.05, 0.1) is 23.2 Å². The minimum Gasteiger partial charge on any atom is -0.343 e. The first-order valence-electron chi connectivity index (χ1n) is 8.11. The van der Waals surface area contributed by atoms with Crippen LogP contribution in [0.15, 0.2) is 47.6 Å². The largest absolute Gasteiger partial charge is 0.416 e. The second kappa shape index (κ2) is 8.95. The Morgan fingerprint density at radius 3 is 2.41 bits per heavy atom. The van der Waals surface area contributed by atoms with Crippen molar-refractivity contribution in [1.82, 2.24) is 10.7 Å². The van der Waals surface area contributed by atoms with Crippen LogP contribution in [0.3, 0.4) is 0 Å². The number of nitrogens with zero attached hydrogens (tertiary/aromatic N) is 2. The number of nitrogens with one attached hydrogen (secondary N) is 2. The third-order valence-electron chi connectivity index (χ3n) is 3.80. The summed E-state index contributed by atoms with van der Waals surface area (Å²) in [5.41, 5.74) is 1.63. The molecule has 0 heterocycles. The minimum atomic E-state index is -4.44. The number of benzene rings is 2. The van der Waals surface area contributed by atoms with E-state index in [2.05, 4.69) is 15.8 Å². The van der Waals surface area contributed by atoms with Crippen molar-refractivity contribution in [2.45, 2.75) is 13.1 Å². The first-order chi connectivity index (χ1) is 13.6. The number of nitro groups is 1. The molecule has 0 atom stereocenters. The molecule has 2 N–H and O–H groups in total. The highest BCUT2D eigenvalue weighted by Crippen LogP contribution is 2.28. The van der Waals surface area contributed by atoms with E-state index in [1.165, 1.54) is 37.3 Å². The SMILES string of the molecule is Cc1c(C(=O)NCC(=O)N/N=C\c2ccc(C(F)(F)F)cc2)cccc1[N+](=O)[O-]. The van der Waals surface area contributed by atoms with Crippen molar-refractivity contribution in [3.63, 3.8) is 0 Å². The van der Waals surface area contributed by atoms with Gasteiger partial charge in [-0.2, -0.15) is 18.3 Å². The van der Waals surface area contributed by atoms with E-state index in [-0.39, 0.29) is 16.8 Å². The van der Waals surface area contributed by atoms with Crippen molar-refractivity contribution in [3.8, 4) is 0 Å². The first kappa shape index (κ1) is 21.5. The van der Waals surface area contributed by atoms with Crippen molar-refractivity contribution in [1.29, 1.82) is 0 Å². The number of carbonyl (C=O) groups is 2. The zero-order valence-electron chi connectivity index (χ0n) is 15.0. The third-order valence-corrected chi connectivity index (χ3v) is 3.80. The molecule has 0 saturated heterocycles. The van der Waals surface area contributed by atoms with Gasteiger partial charge in [-0.25, -0.2) is 5.43 Å². The Bertz CT molecular complexity index is 957. The second-order valence-electron chi connectivity index (χ2n) is 5.80. The highest BCUT2D eigenvalue weighted by molar-refractivity contribution is 5.98. The summed E-state index contributed by atoms with van der Waals surface area (Å²) >= 11 is 0. The predicted molar refractivity (Wildman–Crippen MR) is 97.3 cm³/mol. The van der Waals surface area contributed by atoms with E-state index in [4.69, 9.17) is 0 Å². The molecule has 0 aliphatic rings. The summed E-state index contributed by atoms with van der Waals surface area (Å²) < 4.78 is 37.4. The average Bonchev–Trinajstić information content (AvgIpc) is 2.65. The van der Waals surface area contributed by atoms with Crippen molar-refractivity contribution in [3.05, 3.63) is 74.8 Å². The smallest absolute Gasteiger partial charge is 0.343 e. The van der Waals surface area contributed by atoms with Gasteiger partial charge < -0.3 is 5.32 Å². The lowest BCUT2D eigenvalue weighted by molar-refractivity contribution is -0.385. The molecule has 0 saturated carbocycles. The molecular weight excluding hydrogens is 393 g/mol. The lowest BCUT2D eigenvalue weighted by Gasteiger charge is -2.07. The highest BCUT2D eigenvalue weighted by Gasteiger charge is 2.29. The minimum absolute atomic E-state index is 0.0558. The van der Waals surface area contributed by atoms with Crippen LogP contribution < -0.4 is 10.7 Å². The number of hydrogen-bond donors (Lipinski definition) is 2. The molecule has 0 unspecified atom stereocenters. The van der Waals surface area contributed by atoms with Crippen molar-refractivity contribution < 1.29 is 27.7 Å².